The van der Waals surface area contributed by atoms with Gasteiger partial charge < -0.3 is 5.32 Å². The van der Waals surface area contributed by atoms with Crippen LogP contribution in [0.4, 0.5) is 4.39 Å². The van der Waals surface area contributed by atoms with Crippen molar-refractivity contribution in [3.63, 3.8) is 0 Å². The Hall–Kier alpha value is -0.890. The third-order valence-corrected chi connectivity index (χ3v) is 7.02. The lowest BCUT2D eigenvalue weighted by Crippen LogP contribution is -2.47. The van der Waals surface area contributed by atoms with Crippen molar-refractivity contribution in [1.29, 1.82) is 0 Å². The van der Waals surface area contributed by atoms with Crippen LogP contribution >= 0.6 is 0 Å². The Bertz CT molecular complexity index is 566. The number of nitrogens with one attached hydrogen (secondary N) is 1. The van der Waals surface area contributed by atoms with Crippen LogP contribution in [0.15, 0.2) is 24.3 Å². The molecule has 5 unspecified atom stereocenters. The third kappa shape index (κ3) is 1.41. The van der Waals surface area contributed by atoms with E-state index in [0.29, 0.717) is 5.54 Å². The smallest absolute Gasteiger partial charge is 0.123 e. The average molecular weight is 271 g/mol. The largest absolute Gasteiger partial charge is 0.307 e. The zero-order valence-electron chi connectivity index (χ0n) is 11.9. The van der Waals surface area contributed by atoms with E-state index in [0.717, 1.165) is 35.3 Å². The molecule has 1 nitrogen and oxygen atoms in total. The highest BCUT2D eigenvalue weighted by Gasteiger charge is 2.70. The Kier molecular flexibility index (Phi) is 2.14. The summed E-state index contributed by atoms with van der Waals surface area (Å²) in [7, 11) is 0. The summed E-state index contributed by atoms with van der Waals surface area (Å²) in [6.07, 6.45) is 8.68. The molecule has 1 aromatic rings. The SMILES string of the molecule is Fc1cccc(CNC23CC4CC5CC(C2)C5(C4)C3)c1. The van der Waals surface area contributed by atoms with E-state index in [1.165, 1.54) is 44.6 Å². The lowest BCUT2D eigenvalue weighted by Gasteiger charge is -2.49. The average Bonchev–Trinajstić information content (AvgIpc) is 2.73. The van der Waals surface area contributed by atoms with Crippen molar-refractivity contribution in [2.75, 3.05) is 0 Å². The monoisotopic (exact) mass is 271 g/mol. The molecule has 4 aliphatic carbocycles. The van der Waals surface area contributed by atoms with Crippen LogP contribution < -0.4 is 5.32 Å². The number of halogens is 1. The van der Waals surface area contributed by atoms with Gasteiger partial charge in [0.25, 0.3) is 0 Å². The van der Waals surface area contributed by atoms with Crippen LogP contribution in [-0.2, 0) is 6.54 Å². The van der Waals surface area contributed by atoms with E-state index < -0.39 is 0 Å². The maximum Gasteiger partial charge on any atom is 0.123 e. The fraction of sp³-hybridized carbons (Fsp3) is 0.667. The van der Waals surface area contributed by atoms with Gasteiger partial charge in [-0.15, -0.1) is 0 Å². The zero-order chi connectivity index (χ0) is 13.4. The first kappa shape index (κ1) is 11.7. The molecule has 0 radical (unpaired) electrons. The lowest BCUT2D eigenvalue weighted by atomic mass is 9.56. The molecule has 4 aliphatic rings. The predicted molar refractivity (Wildman–Crippen MR) is 76.6 cm³/mol. The number of hydrogen-bond donors (Lipinski definition) is 1. The highest BCUT2D eigenvalue weighted by atomic mass is 19.1. The quantitative estimate of drug-likeness (QED) is 0.879. The van der Waals surface area contributed by atoms with Crippen LogP contribution in [0.25, 0.3) is 0 Å². The van der Waals surface area contributed by atoms with Gasteiger partial charge in [0.15, 0.2) is 0 Å². The fourth-order valence-corrected chi connectivity index (χ4v) is 6.50. The van der Waals surface area contributed by atoms with Gasteiger partial charge in [0.2, 0.25) is 0 Å². The molecule has 0 amide bonds. The zero-order valence-corrected chi connectivity index (χ0v) is 11.9. The first-order chi connectivity index (χ1) is 9.68. The molecule has 106 valence electrons. The molecule has 0 aliphatic heterocycles. The van der Waals surface area contributed by atoms with Crippen LogP contribution in [0, 0.1) is 29.0 Å². The second-order valence-electron chi connectivity index (χ2n) is 8.02. The molecule has 0 aromatic heterocycles. The summed E-state index contributed by atoms with van der Waals surface area (Å²) in [5.41, 5.74) is 2.20. The Morgan fingerprint density at radius 3 is 3.00 bits per heavy atom. The van der Waals surface area contributed by atoms with Gasteiger partial charge in [0.1, 0.15) is 5.82 Å². The standard InChI is InChI=1S/C18H22FN/c19-16-3-1-2-12(5-16)10-20-17-7-13-4-14-6-15(9-17)18(14,8-13)11-17/h1-3,5,13-15,20H,4,6-11H2. The fourth-order valence-electron chi connectivity index (χ4n) is 6.50. The number of hydrogen-bond acceptors (Lipinski definition) is 1. The maximum absolute atomic E-state index is 13.3. The molecule has 1 spiro atoms. The molecule has 4 saturated carbocycles. The van der Waals surface area contributed by atoms with Crippen molar-refractivity contribution in [3.05, 3.63) is 35.6 Å². The molecular weight excluding hydrogens is 249 g/mol. The molecule has 2 heteroatoms. The molecule has 5 rings (SSSR count). The van der Waals surface area contributed by atoms with Gasteiger partial charge in [-0.1, -0.05) is 12.1 Å². The van der Waals surface area contributed by atoms with Crippen molar-refractivity contribution < 1.29 is 4.39 Å². The minimum absolute atomic E-state index is 0.115. The molecule has 3 bridgehead atoms. The van der Waals surface area contributed by atoms with Crippen molar-refractivity contribution in [2.45, 2.75) is 50.6 Å². The van der Waals surface area contributed by atoms with E-state index in [2.05, 4.69) is 5.32 Å². The van der Waals surface area contributed by atoms with E-state index in [-0.39, 0.29) is 5.82 Å². The third-order valence-electron chi connectivity index (χ3n) is 7.02. The lowest BCUT2D eigenvalue weighted by molar-refractivity contribution is -0.000830. The topological polar surface area (TPSA) is 12.0 Å². The minimum Gasteiger partial charge on any atom is -0.307 e. The highest BCUT2D eigenvalue weighted by molar-refractivity contribution is 5.24. The van der Waals surface area contributed by atoms with Crippen LogP contribution in [-0.4, -0.2) is 5.54 Å². The minimum atomic E-state index is -0.115. The predicted octanol–water partition coefficient (Wildman–Crippen LogP) is 3.88. The summed E-state index contributed by atoms with van der Waals surface area (Å²) in [6.45, 7) is 0.831. The summed E-state index contributed by atoms with van der Waals surface area (Å²) in [5, 5.41) is 3.86. The van der Waals surface area contributed by atoms with E-state index in [1.807, 2.05) is 12.1 Å². The molecule has 0 saturated heterocycles. The van der Waals surface area contributed by atoms with Crippen molar-refractivity contribution in [2.24, 2.45) is 23.2 Å². The van der Waals surface area contributed by atoms with Crippen LogP contribution in [0.3, 0.4) is 0 Å². The highest BCUT2D eigenvalue weighted by Crippen LogP contribution is 2.76. The van der Waals surface area contributed by atoms with Crippen LogP contribution in [0.1, 0.15) is 44.1 Å². The summed E-state index contributed by atoms with van der Waals surface area (Å²) in [5.74, 6) is 2.91. The van der Waals surface area contributed by atoms with E-state index in [1.54, 1.807) is 6.07 Å². The Morgan fingerprint density at radius 2 is 2.10 bits per heavy atom. The summed E-state index contributed by atoms with van der Waals surface area (Å²) < 4.78 is 13.3. The Morgan fingerprint density at radius 1 is 1.15 bits per heavy atom. The first-order valence-corrected chi connectivity index (χ1v) is 8.17. The molecule has 1 aromatic carbocycles. The number of benzene rings is 1. The number of rotatable bonds is 3. The van der Waals surface area contributed by atoms with Crippen LogP contribution in [0.2, 0.25) is 0 Å². The van der Waals surface area contributed by atoms with Crippen molar-refractivity contribution in [1.82, 2.24) is 5.32 Å². The first-order valence-electron chi connectivity index (χ1n) is 8.17. The van der Waals surface area contributed by atoms with E-state index in [9.17, 15) is 4.39 Å². The molecule has 5 atom stereocenters. The van der Waals surface area contributed by atoms with Crippen LogP contribution in [0.5, 0.6) is 0 Å². The van der Waals surface area contributed by atoms with Gasteiger partial charge >= 0.3 is 0 Å². The van der Waals surface area contributed by atoms with Gasteiger partial charge in [0, 0.05) is 12.1 Å². The molecule has 20 heavy (non-hydrogen) atoms. The normalized spacial score (nSPS) is 47.4. The van der Waals surface area contributed by atoms with E-state index in [4.69, 9.17) is 0 Å². The van der Waals surface area contributed by atoms with Crippen molar-refractivity contribution in [3.8, 4) is 0 Å². The van der Waals surface area contributed by atoms with Crippen molar-refractivity contribution >= 4 is 0 Å². The Balaban J connectivity index is 1.37. The molecular formula is C18H22FN. The van der Waals surface area contributed by atoms with Gasteiger partial charge in [0.05, 0.1) is 0 Å². The summed E-state index contributed by atoms with van der Waals surface area (Å²) >= 11 is 0. The number of fused-ring (bicyclic) bond motifs is 2. The molecule has 1 N–H and O–H groups in total. The van der Waals surface area contributed by atoms with Gasteiger partial charge in [-0.05, 0) is 79.4 Å². The van der Waals surface area contributed by atoms with Gasteiger partial charge in [-0.2, -0.15) is 0 Å². The van der Waals surface area contributed by atoms with E-state index >= 15 is 0 Å². The Labute approximate surface area is 120 Å². The second-order valence-corrected chi connectivity index (χ2v) is 8.02. The summed E-state index contributed by atoms with van der Waals surface area (Å²) in [4.78, 5) is 0. The molecule has 0 heterocycles. The van der Waals surface area contributed by atoms with Gasteiger partial charge in [-0.3, -0.25) is 0 Å². The second kappa shape index (κ2) is 3.65. The maximum atomic E-state index is 13.3. The molecule has 4 fully saturated rings. The summed E-state index contributed by atoms with van der Waals surface area (Å²) in [6, 6.07) is 7.06. The van der Waals surface area contributed by atoms with Gasteiger partial charge in [-0.25, -0.2) is 4.39 Å².